The van der Waals surface area contributed by atoms with E-state index in [-0.39, 0.29) is 0 Å². The number of aromatic nitrogens is 3. The highest BCUT2D eigenvalue weighted by atomic mass is 35.5. The van der Waals surface area contributed by atoms with Crippen LogP contribution in [0.5, 0.6) is 0 Å². The van der Waals surface area contributed by atoms with E-state index in [4.69, 9.17) is 11.6 Å². The zero-order valence-corrected chi connectivity index (χ0v) is 6.25. The maximum Gasteiger partial charge on any atom is 0.137 e. The van der Waals surface area contributed by atoms with Gasteiger partial charge in [-0.3, -0.25) is 0 Å². The molecule has 0 amide bonds. The van der Waals surface area contributed by atoms with E-state index < -0.39 is 0 Å². The molecule has 1 heterocycles. The van der Waals surface area contributed by atoms with Crippen LogP contribution in [0.25, 0.3) is 0 Å². The minimum atomic E-state index is 0.472. The lowest BCUT2D eigenvalue weighted by atomic mass is 10.3. The fourth-order valence-corrected chi connectivity index (χ4v) is 0.670. The van der Waals surface area contributed by atoms with Crippen molar-refractivity contribution in [2.45, 2.75) is 6.54 Å². The number of hydrogen-bond donors (Lipinski definition) is 0. The Bertz CT molecular complexity index is 205. The summed E-state index contributed by atoms with van der Waals surface area (Å²) < 4.78 is 1.69. The summed E-state index contributed by atoms with van der Waals surface area (Å²) in [4.78, 5) is 3.78. The minimum Gasteiger partial charge on any atom is -0.249 e. The molecule has 10 heavy (non-hydrogen) atoms. The Kier molecular flexibility index (Phi) is 2.45. The third kappa shape index (κ3) is 1.84. The van der Waals surface area contributed by atoms with Gasteiger partial charge in [-0.1, -0.05) is 6.58 Å². The second-order valence-electron chi connectivity index (χ2n) is 1.98. The van der Waals surface area contributed by atoms with Crippen LogP contribution in [0.2, 0.25) is 0 Å². The normalized spacial score (nSPS) is 9.70. The summed E-state index contributed by atoms with van der Waals surface area (Å²) in [7, 11) is 0. The van der Waals surface area contributed by atoms with Crippen molar-refractivity contribution in [2.24, 2.45) is 0 Å². The third-order valence-corrected chi connectivity index (χ3v) is 1.42. The molecule has 3 nitrogen and oxygen atoms in total. The lowest BCUT2D eigenvalue weighted by Crippen LogP contribution is -2.01. The highest BCUT2D eigenvalue weighted by Crippen LogP contribution is 1.96. The summed E-state index contributed by atoms with van der Waals surface area (Å²) in [6, 6.07) is 0. The molecule has 54 valence electrons. The first kappa shape index (κ1) is 7.28. The molecule has 0 spiro atoms. The Morgan fingerprint density at radius 2 is 2.50 bits per heavy atom. The Morgan fingerprint density at radius 1 is 1.70 bits per heavy atom. The van der Waals surface area contributed by atoms with E-state index in [9.17, 15) is 0 Å². The van der Waals surface area contributed by atoms with Crippen molar-refractivity contribution < 1.29 is 0 Å². The predicted molar refractivity (Wildman–Crippen MR) is 39.9 cm³/mol. The summed E-state index contributed by atoms with van der Waals surface area (Å²) in [5.41, 5.74) is 0.937. The van der Waals surface area contributed by atoms with Crippen LogP contribution in [0, 0.1) is 0 Å². The van der Waals surface area contributed by atoms with Crippen LogP contribution in [-0.4, -0.2) is 20.6 Å². The summed E-state index contributed by atoms with van der Waals surface area (Å²) in [5.74, 6) is 0.472. The molecular formula is C6H8ClN3. The summed E-state index contributed by atoms with van der Waals surface area (Å²) >= 11 is 5.51. The van der Waals surface area contributed by atoms with E-state index >= 15 is 0 Å². The van der Waals surface area contributed by atoms with Gasteiger partial charge in [0.2, 0.25) is 0 Å². The molecule has 0 atom stereocenters. The van der Waals surface area contributed by atoms with Crippen LogP contribution in [0.3, 0.4) is 0 Å². The third-order valence-electron chi connectivity index (χ3n) is 1.04. The van der Waals surface area contributed by atoms with Gasteiger partial charge in [-0.05, 0) is 5.57 Å². The maximum atomic E-state index is 5.51. The molecule has 1 aromatic heterocycles. The molecule has 0 bridgehead atoms. The average molecular weight is 158 g/mol. The second kappa shape index (κ2) is 3.37. The van der Waals surface area contributed by atoms with Gasteiger partial charge in [0.15, 0.2) is 0 Å². The van der Waals surface area contributed by atoms with E-state index in [2.05, 4.69) is 16.7 Å². The lowest BCUT2D eigenvalue weighted by Gasteiger charge is -1.98. The summed E-state index contributed by atoms with van der Waals surface area (Å²) in [5, 5.41) is 3.89. The van der Waals surface area contributed by atoms with Gasteiger partial charge in [0.25, 0.3) is 0 Å². The van der Waals surface area contributed by atoms with Gasteiger partial charge in [0, 0.05) is 5.88 Å². The largest absolute Gasteiger partial charge is 0.249 e. The number of hydrogen-bond acceptors (Lipinski definition) is 2. The number of rotatable bonds is 3. The lowest BCUT2D eigenvalue weighted by molar-refractivity contribution is 0.678. The van der Waals surface area contributed by atoms with E-state index in [0.29, 0.717) is 12.4 Å². The molecule has 0 aliphatic heterocycles. The van der Waals surface area contributed by atoms with Gasteiger partial charge in [0.1, 0.15) is 12.7 Å². The standard InChI is InChI=1S/C6H8ClN3/c1-6(2-7)3-10-5-8-4-9-10/h4-5H,1-3H2. The first-order valence-electron chi connectivity index (χ1n) is 2.88. The smallest absolute Gasteiger partial charge is 0.137 e. The van der Waals surface area contributed by atoms with Gasteiger partial charge in [-0.15, -0.1) is 11.6 Å². The van der Waals surface area contributed by atoms with E-state index in [0.717, 1.165) is 5.57 Å². The molecule has 0 radical (unpaired) electrons. The van der Waals surface area contributed by atoms with Crippen molar-refractivity contribution in [1.29, 1.82) is 0 Å². The van der Waals surface area contributed by atoms with Crippen LogP contribution in [0.4, 0.5) is 0 Å². The summed E-state index contributed by atoms with van der Waals surface area (Å²) in [6.45, 7) is 4.38. The highest BCUT2D eigenvalue weighted by molar-refractivity contribution is 6.19. The SMILES string of the molecule is C=C(CCl)Cn1cncn1. The molecule has 0 N–H and O–H groups in total. The van der Waals surface area contributed by atoms with Crippen LogP contribution in [-0.2, 0) is 6.54 Å². The minimum absolute atomic E-state index is 0.472. The average Bonchev–Trinajstić information content (AvgIpc) is 2.40. The number of alkyl halides is 1. The number of nitrogens with zero attached hydrogens (tertiary/aromatic N) is 3. The quantitative estimate of drug-likeness (QED) is 0.486. The zero-order chi connectivity index (χ0) is 7.40. The molecule has 0 aliphatic rings. The van der Waals surface area contributed by atoms with Crippen LogP contribution < -0.4 is 0 Å². The summed E-state index contributed by atoms with van der Waals surface area (Å²) in [6.07, 6.45) is 3.12. The van der Waals surface area contributed by atoms with E-state index in [1.165, 1.54) is 6.33 Å². The number of allylic oxidation sites excluding steroid dienone is 1. The first-order chi connectivity index (χ1) is 4.83. The van der Waals surface area contributed by atoms with Gasteiger partial charge >= 0.3 is 0 Å². The fraction of sp³-hybridized carbons (Fsp3) is 0.333. The molecular weight excluding hydrogens is 150 g/mol. The predicted octanol–water partition coefficient (Wildman–Crippen LogP) is 1.07. The van der Waals surface area contributed by atoms with Crippen LogP contribution >= 0.6 is 11.6 Å². The topological polar surface area (TPSA) is 30.7 Å². The van der Waals surface area contributed by atoms with Gasteiger partial charge < -0.3 is 0 Å². The molecule has 4 heteroatoms. The monoisotopic (exact) mass is 157 g/mol. The molecule has 0 saturated carbocycles. The Morgan fingerprint density at radius 3 is 3.00 bits per heavy atom. The molecule has 0 fully saturated rings. The van der Waals surface area contributed by atoms with Crippen molar-refractivity contribution in [3.8, 4) is 0 Å². The fourth-order valence-electron chi connectivity index (χ4n) is 0.586. The van der Waals surface area contributed by atoms with Gasteiger partial charge in [-0.2, -0.15) is 5.10 Å². The van der Waals surface area contributed by atoms with Gasteiger partial charge in [0.05, 0.1) is 6.54 Å². The number of halogens is 1. The maximum absolute atomic E-state index is 5.51. The zero-order valence-electron chi connectivity index (χ0n) is 5.50. The van der Waals surface area contributed by atoms with Crippen molar-refractivity contribution in [3.63, 3.8) is 0 Å². The Labute approximate surface area is 64.3 Å². The van der Waals surface area contributed by atoms with E-state index in [1.54, 1.807) is 11.0 Å². The van der Waals surface area contributed by atoms with Gasteiger partial charge in [-0.25, -0.2) is 9.67 Å². The Balaban J connectivity index is 2.48. The van der Waals surface area contributed by atoms with Crippen LogP contribution in [0.1, 0.15) is 0 Å². The Hall–Kier alpha value is -0.830. The molecule has 1 rings (SSSR count). The molecule has 1 aromatic rings. The van der Waals surface area contributed by atoms with E-state index in [1.807, 2.05) is 0 Å². The first-order valence-corrected chi connectivity index (χ1v) is 3.41. The second-order valence-corrected chi connectivity index (χ2v) is 2.24. The van der Waals surface area contributed by atoms with Crippen molar-refractivity contribution in [3.05, 3.63) is 24.8 Å². The van der Waals surface area contributed by atoms with Crippen LogP contribution in [0.15, 0.2) is 24.8 Å². The molecule has 0 aliphatic carbocycles. The van der Waals surface area contributed by atoms with Crippen molar-refractivity contribution >= 4 is 11.6 Å². The van der Waals surface area contributed by atoms with Crippen molar-refractivity contribution in [2.75, 3.05) is 5.88 Å². The molecule has 0 aromatic carbocycles. The molecule has 0 unspecified atom stereocenters. The van der Waals surface area contributed by atoms with Crippen molar-refractivity contribution in [1.82, 2.24) is 14.8 Å². The highest BCUT2D eigenvalue weighted by Gasteiger charge is 1.93. The molecule has 0 saturated heterocycles.